The van der Waals surface area contributed by atoms with Gasteiger partial charge in [0, 0.05) is 12.6 Å². The van der Waals surface area contributed by atoms with Crippen molar-refractivity contribution in [3.8, 4) is 0 Å². The number of fused-ring (bicyclic) bond motifs is 1. The molecule has 3 rings (SSSR count). The Balaban J connectivity index is 2.00. The van der Waals surface area contributed by atoms with Gasteiger partial charge in [0.25, 0.3) is 5.91 Å². The summed E-state index contributed by atoms with van der Waals surface area (Å²) in [5, 5.41) is 0. The molecule has 0 saturated heterocycles. The fourth-order valence-corrected chi connectivity index (χ4v) is 2.69. The second-order valence-corrected chi connectivity index (χ2v) is 5.75. The van der Waals surface area contributed by atoms with E-state index in [0.717, 1.165) is 16.0 Å². The zero-order chi connectivity index (χ0) is 15.1. The monoisotopic (exact) mass is 348 g/mol. The van der Waals surface area contributed by atoms with Crippen molar-refractivity contribution >= 4 is 27.7 Å². The topological polar surface area (TPSA) is 76.5 Å². The van der Waals surface area contributed by atoms with Crippen molar-refractivity contribution in [2.45, 2.75) is 12.5 Å². The van der Waals surface area contributed by atoms with E-state index in [1.54, 1.807) is 24.3 Å². The van der Waals surface area contributed by atoms with Gasteiger partial charge in [0.05, 0.1) is 12.5 Å². The number of hydrogen-bond donors (Lipinski definition) is 1. The van der Waals surface area contributed by atoms with Crippen LogP contribution >= 0.6 is 15.9 Å². The molecule has 21 heavy (non-hydrogen) atoms. The predicted octanol–water partition coefficient (Wildman–Crippen LogP) is 2.24. The number of nitrogens with two attached hydrogens (primary N) is 1. The van der Waals surface area contributed by atoms with E-state index in [1.807, 2.05) is 6.07 Å². The molecule has 1 aliphatic rings. The summed E-state index contributed by atoms with van der Waals surface area (Å²) in [6.07, 6.45) is 0.236. The van der Waals surface area contributed by atoms with Crippen LogP contribution in [0.4, 0.5) is 0 Å². The molecular weight excluding hydrogens is 336 g/mol. The third-order valence-electron chi connectivity index (χ3n) is 3.64. The van der Waals surface area contributed by atoms with Gasteiger partial charge in [0.1, 0.15) is 5.76 Å². The van der Waals surface area contributed by atoms with Crippen LogP contribution in [0.3, 0.4) is 0 Å². The van der Waals surface area contributed by atoms with Crippen molar-refractivity contribution in [3.05, 3.63) is 57.5 Å². The Morgan fingerprint density at radius 1 is 1.29 bits per heavy atom. The molecule has 0 radical (unpaired) electrons. The minimum absolute atomic E-state index is 0.195. The van der Waals surface area contributed by atoms with E-state index in [9.17, 15) is 9.59 Å². The first kappa shape index (κ1) is 14.0. The van der Waals surface area contributed by atoms with E-state index >= 15 is 0 Å². The number of imide groups is 1. The van der Waals surface area contributed by atoms with E-state index in [2.05, 4.69) is 15.9 Å². The standard InChI is InChI=1S/C15H13BrN2O3/c1-18-13(19)7-8-2-3-9(6-10(8)15(18)20)14(17)11-4-5-12(16)21-11/h2-6,14H,7,17H2,1H3. The summed E-state index contributed by atoms with van der Waals surface area (Å²) in [7, 11) is 1.49. The second kappa shape index (κ2) is 5.13. The average molecular weight is 349 g/mol. The van der Waals surface area contributed by atoms with Crippen LogP contribution in [0, 0.1) is 0 Å². The Hall–Kier alpha value is -1.92. The number of carbonyl (C=O) groups is 2. The highest BCUT2D eigenvalue weighted by atomic mass is 79.9. The van der Waals surface area contributed by atoms with Gasteiger partial charge in [-0.25, -0.2) is 0 Å². The first-order valence-corrected chi connectivity index (χ1v) is 7.21. The van der Waals surface area contributed by atoms with E-state index in [4.69, 9.17) is 10.2 Å². The van der Waals surface area contributed by atoms with Gasteiger partial charge in [0.2, 0.25) is 5.91 Å². The van der Waals surface area contributed by atoms with Crippen LogP contribution in [0.15, 0.2) is 39.4 Å². The molecule has 2 aromatic rings. The second-order valence-electron chi connectivity index (χ2n) is 4.97. The maximum atomic E-state index is 12.2. The Bertz CT molecular complexity index is 738. The van der Waals surface area contributed by atoms with Gasteiger partial charge in [-0.2, -0.15) is 0 Å². The van der Waals surface area contributed by atoms with Crippen molar-refractivity contribution in [2.24, 2.45) is 5.73 Å². The lowest BCUT2D eigenvalue weighted by Crippen LogP contribution is -2.39. The molecule has 5 nitrogen and oxygen atoms in total. The smallest absolute Gasteiger partial charge is 0.260 e. The van der Waals surface area contributed by atoms with E-state index in [1.165, 1.54) is 7.05 Å². The molecule has 2 N–H and O–H groups in total. The molecule has 0 aliphatic carbocycles. The lowest BCUT2D eigenvalue weighted by molar-refractivity contribution is -0.127. The fourth-order valence-electron chi connectivity index (χ4n) is 2.38. The van der Waals surface area contributed by atoms with Crippen LogP contribution in [-0.2, 0) is 11.2 Å². The molecule has 108 valence electrons. The largest absolute Gasteiger partial charge is 0.452 e. The predicted molar refractivity (Wildman–Crippen MR) is 79.7 cm³/mol. The molecule has 0 bridgehead atoms. The summed E-state index contributed by atoms with van der Waals surface area (Å²) in [5.74, 6) is 0.116. The Kier molecular flexibility index (Phi) is 3.43. The summed E-state index contributed by atoms with van der Waals surface area (Å²) in [5.41, 5.74) is 8.19. The maximum absolute atomic E-state index is 12.2. The Morgan fingerprint density at radius 3 is 2.71 bits per heavy atom. The highest BCUT2D eigenvalue weighted by Gasteiger charge is 2.28. The lowest BCUT2D eigenvalue weighted by atomic mass is 9.94. The molecule has 1 aromatic heterocycles. The molecule has 2 amide bonds. The highest BCUT2D eigenvalue weighted by molar-refractivity contribution is 9.10. The molecule has 2 heterocycles. The van der Waals surface area contributed by atoms with Crippen molar-refractivity contribution in [1.82, 2.24) is 4.90 Å². The number of benzene rings is 1. The molecule has 1 aliphatic heterocycles. The van der Waals surface area contributed by atoms with Gasteiger partial charge in [-0.3, -0.25) is 14.5 Å². The number of amides is 2. The van der Waals surface area contributed by atoms with E-state index < -0.39 is 6.04 Å². The quantitative estimate of drug-likeness (QED) is 0.844. The molecule has 0 spiro atoms. The van der Waals surface area contributed by atoms with Crippen LogP contribution < -0.4 is 5.73 Å². The maximum Gasteiger partial charge on any atom is 0.260 e. The van der Waals surface area contributed by atoms with Gasteiger partial charge in [-0.15, -0.1) is 0 Å². The Morgan fingerprint density at radius 2 is 2.05 bits per heavy atom. The fraction of sp³-hybridized carbons (Fsp3) is 0.200. The number of hydrogen-bond acceptors (Lipinski definition) is 4. The number of halogens is 1. The van der Waals surface area contributed by atoms with Gasteiger partial charge in [-0.05, 0) is 45.3 Å². The molecule has 6 heteroatoms. The molecule has 1 unspecified atom stereocenters. The SMILES string of the molecule is CN1C(=O)Cc2ccc(C(N)c3ccc(Br)o3)cc2C1=O. The minimum atomic E-state index is -0.461. The summed E-state index contributed by atoms with van der Waals surface area (Å²) in [6, 6.07) is 8.44. The Labute approximate surface area is 129 Å². The van der Waals surface area contributed by atoms with Crippen LogP contribution in [0.5, 0.6) is 0 Å². The third kappa shape index (κ3) is 2.41. The van der Waals surface area contributed by atoms with E-state index in [0.29, 0.717) is 16.0 Å². The number of carbonyl (C=O) groups excluding carboxylic acids is 2. The lowest BCUT2D eigenvalue weighted by Gasteiger charge is -2.24. The first-order valence-electron chi connectivity index (χ1n) is 6.42. The van der Waals surface area contributed by atoms with Crippen LogP contribution in [0.1, 0.15) is 33.3 Å². The van der Waals surface area contributed by atoms with Gasteiger partial charge in [0.15, 0.2) is 4.67 Å². The van der Waals surface area contributed by atoms with Gasteiger partial charge >= 0.3 is 0 Å². The summed E-state index contributed by atoms with van der Waals surface area (Å²) in [4.78, 5) is 25.0. The molecular formula is C15H13BrN2O3. The zero-order valence-corrected chi connectivity index (χ0v) is 12.9. The van der Waals surface area contributed by atoms with Crippen molar-refractivity contribution in [1.29, 1.82) is 0 Å². The number of likely N-dealkylation sites (N-methyl/N-ethyl adjacent to an activating group) is 1. The number of furan rings is 1. The molecule has 1 atom stereocenters. The minimum Gasteiger partial charge on any atom is -0.452 e. The third-order valence-corrected chi connectivity index (χ3v) is 4.07. The normalized spacial score (nSPS) is 16.0. The van der Waals surface area contributed by atoms with Crippen molar-refractivity contribution in [3.63, 3.8) is 0 Å². The van der Waals surface area contributed by atoms with Crippen LogP contribution in [0.2, 0.25) is 0 Å². The van der Waals surface area contributed by atoms with Crippen LogP contribution in [-0.4, -0.2) is 23.8 Å². The van der Waals surface area contributed by atoms with Crippen molar-refractivity contribution in [2.75, 3.05) is 7.05 Å². The number of rotatable bonds is 2. The van der Waals surface area contributed by atoms with E-state index in [-0.39, 0.29) is 18.2 Å². The summed E-state index contributed by atoms with van der Waals surface area (Å²) < 4.78 is 6.05. The van der Waals surface area contributed by atoms with Crippen molar-refractivity contribution < 1.29 is 14.0 Å². The summed E-state index contributed by atoms with van der Waals surface area (Å²) >= 11 is 3.24. The van der Waals surface area contributed by atoms with Gasteiger partial charge in [-0.1, -0.05) is 12.1 Å². The molecule has 0 saturated carbocycles. The van der Waals surface area contributed by atoms with Gasteiger partial charge < -0.3 is 10.2 Å². The average Bonchev–Trinajstić information content (AvgIpc) is 2.90. The molecule has 0 fully saturated rings. The highest BCUT2D eigenvalue weighted by Crippen LogP contribution is 2.27. The number of nitrogens with zero attached hydrogens (tertiary/aromatic N) is 1. The summed E-state index contributed by atoms with van der Waals surface area (Å²) in [6.45, 7) is 0. The zero-order valence-electron chi connectivity index (χ0n) is 11.3. The van der Waals surface area contributed by atoms with Crippen LogP contribution in [0.25, 0.3) is 0 Å². The molecule has 1 aromatic carbocycles. The first-order chi connectivity index (χ1) is 9.97.